The largest absolute Gasteiger partial charge is 0.337 e. The number of hydrogen-bond acceptors (Lipinski definition) is 2. The van der Waals surface area contributed by atoms with Gasteiger partial charge in [-0.05, 0) is 106 Å². The van der Waals surface area contributed by atoms with Gasteiger partial charge in [-0.2, -0.15) is 0 Å². The van der Waals surface area contributed by atoms with Gasteiger partial charge in [0.05, 0.1) is 0 Å². The Kier molecular flexibility index (Phi) is 5.78. The monoisotopic (exact) mass is 536 g/mol. The van der Waals surface area contributed by atoms with Crippen LogP contribution >= 0.6 is 11.8 Å². The Morgan fingerprint density at radius 3 is 2.54 bits per heavy atom. The Bertz CT molecular complexity index is 1430. The first kappa shape index (κ1) is 23.9. The van der Waals surface area contributed by atoms with Gasteiger partial charge < -0.3 is 4.57 Å². The van der Waals surface area contributed by atoms with E-state index in [0.717, 1.165) is 35.1 Å². The maximum Gasteiger partial charge on any atom is 0.0497 e. The van der Waals surface area contributed by atoms with Crippen LogP contribution in [0.3, 0.4) is 0 Å². The first-order valence-electron chi connectivity index (χ1n) is 16.5. The molecule has 4 aliphatic carbocycles. The molecular formula is C36H44N2S. The van der Waals surface area contributed by atoms with Crippen LogP contribution in [-0.4, -0.2) is 32.8 Å². The summed E-state index contributed by atoms with van der Waals surface area (Å²) in [5.41, 5.74) is 4.74. The number of allylic oxidation sites excluding steroid dienone is 1. The van der Waals surface area contributed by atoms with Crippen molar-refractivity contribution in [3.8, 4) is 0 Å². The highest BCUT2D eigenvalue weighted by Crippen LogP contribution is 2.56. The van der Waals surface area contributed by atoms with Gasteiger partial charge in [0.15, 0.2) is 0 Å². The Morgan fingerprint density at radius 1 is 0.718 bits per heavy atom. The molecule has 3 aromatic rings. The molecule has 2 aromatic carbocycles. The molecule has 1 aromatic heterocycles. The molecule has 0 N–H and O–H groups in total. The highest BCUT2D eigenvalue weighted by molar-refractivity contribution is 8.00. The lowest BCUT2D eigenvalue weighted by atomic mass is 9.72. The van der Waals surface area contributed by atoms with Crippen LogP contribution < -0.4 is 0 Å². The molecule has 0 bridgehead atoms. The van der Waals surface area contributed by atoms with Gasteiger partial charge in [0.2, 0.25) is 0 Å². The smallest absolute Gasteiger partial charge is 0.0497 e. The molecule has 0 amide bonds. The van der Waals surface area contributed by atoms with Crippen molar-refractivity contribution in [1.82, 2.24) is 9.47 Å². The van der Waals surface area contributed by atoms with Crippen molar-refractivity contribution in [3.05, 3.63) is 54.1 Å². The average molecular weight is 537 g/mol. The first-order valence-corrected chi connectivity index (χ1v) is 17.4. The van der Waals surface area contributed by atoms with Crippen LogP contribution in [0.4, 0.5) is 0 Å². The van der Waals surface area contributed by atoms with Crippen molar-refractivity contribution in [1.29, 1.82) is 0 Å². The lowest BCUT2D eigenvalue weighted by Crippen LogP contribution is -2.46. The molecule has 39 heavy (non-hydrogen) atoms. The number of nitrogens with zero attached hydrogens (tertiary/aromatic N) is 2. The summed E-state index contributed by atoms with van der Waals surface area (Å²) >= 11 is 2.21. The SMILES string of the molecule is C1=CC(N2C3CCCCC3C3CC(n4c5ccccc5c5cc6c(cc54)C4CCCCC4S6)CCC32)CCC1. The van der Waals surface area contributed by atoms with Crippen molar-refractivity contribution in [3.63, 3.8) is 0 Å². The Morgan fingerprint density at radius 2 is 1.59 bits per heavy atom. The summed E-state index contributed by atoms with van der Waals surface area (Å²) in [6.07, 6.45) is 24.8. The van der Waals surface area contributed by atoms with Crippen LogP contribution in [-0.2, 0) is 0 Å². The van der Waals surface area contributed by atoms with Crippen LogP contribution in [0.1, 0.15) is 107 Å². The summed E-state index contributed by atoms with van der Waals surface area (Å²) in [6, 6.07) is 17.7. The zero-order valence-electron chi connectivity index (χ0n) is 23.4. The summed E-state index contributed by atoms with van der Waals surface area (Å²) in [5, 5.41) is 3.84. The molecule has 4 fully saturated rings. The fraction of sp³-hybridized carbons (Fsp3) is 0.611. The van der Waals surface area contributed by atoms with Crippen molar-refractivity contribution >= 4 is 33.6 Å². The summed E-state index contributed by atoms with van der Waals surface area (Å²) < 4.78 is 2.86. The summed E-state index contributed by atoms with van der Waals surface area (Å²) in [6.45, 7) is 0. The number of likely N-dealkylation sites (tertiary alicyclic amines) is 1. The van der Waals surface area contributed by atoms with Crippen LogP contribution in [0.2, 0.25) is 0 Å². The molecule has 8 atom stereocenters. The second-order valence-electron chi connectivity index (χ2n) is 13.9. The number of para-hydroxylation sites is 1. The van der Waals surface area contributed by atoms with Crippen molar-refractivity contribution in [2.75, 3.05) is 0 Å². The highest BCUT2D eigenvalue weighted by Gasteiger charge is 2.53. The first-order chi connectivity index (χ1) is 19.3. The van der Waals surface area contributed by atoms with Crippen LogP contribution in [0.25, 0.3) is 21.8 Å². The van der Waals surface area contributed by atoms with Gasteiger partial charge in [0, 0.05) is 56.1 Å². The third-order valence-electron chi connectivity index (χ3n) is 12.1. The predicted octanol–water partition coefficient (Wildman–Crippen LogP) is 9.62. The van der Waals surface area contributed by atoms with Crippen molar-refractivity contribution in [2.24, 2.45) is 11.8 Å². The average Bonchev–Trinajstić information content (AvgIpc) is 3.63. The van der Waals surface area contributed by atoms with Gasteiger partial charge in [-0.1, -0.05) is 56.0 Å². The minimum absolute atomic E-state index is 0.646. The predicted molar refractivity (Wildman–Crippen MR) is 165 cm³/mol. The third-order valence-corrected chi connectivity index (χ3v) is 13.6. The lowest BCUT2D eigenvalue weighted by molar-refractivity contribution is 0.0936. The van der Waals surface area contributed by atoms with E-state index < -0.39 is 0 Å². The molecule has 2 aliphatic heterocycles. The fourth-order valence-electron chi connectivity index (χ4n) is 10.6. The number of fused-ring (bicyclic) bond motifs is 9. The van der Waals surface area contributed by atoms with Gasteiger partial charge in [0.1, 0.15) is 0 Å². The van der Waals surface area contributed by atoms with E-state index in [1.807, 2.05) is 0 Å². The van der Waals surface area contributed by atoms with E-state index in [1.54, 1.807) is 16.0 Å². The Balaban J connectivity index is 1.12. The maximum atomic E-state index is 3.10. The van der Waals surface area contributed by atoms with Crippen molar-refractivity contribution < 1.29 is 0 Å². The van der Waals surface area contributed by atoms with Crippen molar-refractivity contribution in [2.45, 2.75) is 130 Å². The number of benzene rings is 2. The van der Waals surface area contributed by atoms with Gasteiger partial charge in [-0.25, -0.2) is 0 Å². The van der Waals surface area contributed by atoms with Gasteiger partial charge in [-0.3, -0.25) is 4.90 Å². The Labute approximate surface area is 238 Å². The van der Waals surface area contributed by atoms with E-state index in [4.69, 9.17) is 0 Å². The van der Waals surface area contributed by atoms with E-state index in [-0.39, 0.29) is 0 Å². The van der Waals surface area contributed by atoms with E-state index in [1.165, 1.54) is 106 Å². The summed E-state index contributed by atoms with van der Waals surface area (Å²) in [5.74, 6) is 2.60. The molecule has 9 rings (SSSR count). The number of rotatable bonds is 2. The molecule has 1 saturated heterocycles. The standard InChI is InChI=1S/C36H44N2S/c1-2-10-23(11-3-1)37-31-15-7-4-12-25(31)28-20-24(18-19-33(28)37)38-32-16-8-5-13-26(32)29-22-36-30(21-34(29)38)27-14-6-9-17-35(27)39-36/h2,5,8,10,13,16,21-25,27-28,31,33,35H,1,3-4,6-7,9,11-12,14-15,17-20H2. The molecule has 6 aliphatic rings. The van der Waals surface area contributed by atoms with E-state index in [9.17, 15) is 0 Å². The van der Waals surface area contributed by atoms with Gasteiger partial charge in [0.25, 0.3) is 0 Å². The fourth-order valence-corrected chi connectivity index (χ4v) is 12.2. The quantitative estimate of drug-likeness (QED) is 0.301. The molecule has 8 unspecified atom stereocenters. The summed E-state index contributed by atoms with van der Waals surface area (Å²) in [4.78, 5) is 4.70. The van der Waals surface area contributed by atoms with E-state index in [0.29, 0.717) is 12.1 Å². The molecule has 3 saturated carbocycles. The molecule has 3 heteroatoms. The molecule has 2 nitrogen and oxygen atoms in total. The van der Waals surface area contributed by atoms with E-state index >= 15 is 0 Å². The highest BCUT2D eigenvalue weighted by atomic mass is 32.2. The molecule has 3 heterocycles. The molecule has 0 spiro atoms. The second-order valence-corrected chi connectivity index (χ2v) is 15.2. The second kappa shape index (κ2) is 9.41. The molecular weight excluding hydrogens is 492 g/mol. The minimum Gasteiger partial charge on any atom is -0.337 e. The number of aromatic nitrogens is 1. The van der Waals surface area contributed by atoms with Crippen LogP contribution in [0, 0.1) is 11.8 Å². The van der Waals surface area contributed by atoms with Crippen LogP contribution in [0.5, 0.6) is 0 Å². The minimum atomic E-state index is 0.646. The third kappa shape index (κ3) is 3.64. The number of thioether (sulfide) groups is 1. The molecule has 204 valence electrons. The number of hydrogen-bond donors (Lipinski definition) is 0. The van der Waals surface area contributed by atoms with Gasteiger partial charge >= 0.3 is 0 Å². The summed E-state index contributed by atoms with van der Waals surface area (Å²) in [7, 11) is 0. The maximum absolute atomic E-state index is 3.10. The van der Waals surface area contributed by atoms with Crippen LogP contribution in [0.15, 0.2) is 53.4 Å². The molecule has 0 radical (unpaired) electrons. The topological polar surface area (TPSA) is 8.17 Å². The zero-order chi connectivity index (χ0) is 25.5. The Hall–Kier alpha value is -1.71. The van der Waals surface area contributed by atoms with E-state index in [2.05, 4.69) is 69.8 Å². The lowest BCUT2D eigenvalue weighted by Gasteiger charge is -2.41. The zero-order valence-corrected chi connectivity index (χ0v) is 24.3. The van der Waals surface area contributed by atoms with Gasteiger partial charge in [-0.15, -0.1) is 11.8 Å². The normalized spacial score (nSPS) is 38.1.